The third kappa shape index (κ3) is 3.86. The number of amides is 1. The maximum Gasteiger partial charge on any atom is 0.281 e. The zero-order valence-corrected chi connectivity index (χ0v) is 14.8. The number of aromatic nitrogens is 3. The van der Waals surface area contributed by atoms with Gasteiger partial charge in [0.1, 0.15) is 5.82 Å². The van der Waals surface area contributed by atoms with Crippen molar-refractivity contribution < 1.29 is 9.90 Å². The van der Waals surface area contributed by atoms with Crippen LogP contribution in [0.25, 0.3) is 5.69 Å². The zero-order chi connectivity index (χ0) is 18.0. The van der Waals surface area contributed by atoms with Gasteiger partial charge < -0.3 is 10.4 Å². The lowest BCUT2D eigenvalue weighted by Crippen LogP contribution is -2.25. The lowest BCUT2D eigenvalue weighted by molar-refractivity contribution is 0.101. The minimum atomic E-state index is -0.724. The molecule has 9 heteroatoms. The molecular weight excluding hydrogens is 412 g/mol. The van der Waals surface area contributed by atoms with Crippen molar-refractivity contribution in [1.29, 1.82) is 0 Å². The summed E-state index contributed by atoms with van der Waals surface area (Å²) in [7, 11) is 0. The van der Waals surface area contributed by atoms with Crippen LogP contribution in [0.1, 0.15) is 10.5 Å². The monoisotopic (exact) mass is 420 g/mol. The van der Waals surface area contributed by atoms with Gasteiger partial charge in [0.25, 0.3) is 11.5 Å². The van der Waals surface area contributed by atoms with Gasteiger partial charge in [-0.05, 0) is 36.4 Å². The molecule has 0 spiro atoms. The number of pyridine rings is 1. The SMILES string of the molecule is O=C(Nc1cc(Cl)ccn1)c1nn(-c2ccc(Br)cc2)c(=O)cc1O. The standard InChI is InChI=1S/C16H10BrClN4O3/c17-9-1-3-11(4-2-9)22-14(24)8-12(23)15(21-22)16(25)20-13-7-10(18)5-6-19-13/h1-8,23H,(H,19,20,25). The van der Waals surface area contributed by atoms with Gasteiger partial charge in [0, 0.05) is 21.8 Å². The molecule has 0 saturated carbocycles. The third-order valence-corrected chi connectivity index (χ3v) is 3.93. The first-order chi connectivity index (χ1) is 11.9. The Morgan fingerprint density at radius 1 is 1.20 bits per heavy atom. The third-order valence-electron chi connectivity index (χ3n) is 3.16. The molecule has 0 saturated heterocycles. The average molecular weight is 422 g/mol. The lowest BCUT2D eigenvalue weighted by atomic mass is 10.3. The van der Waals surface area contributed by atoms with E-state index in [0.29, 0.717) is 10.7 Å². The molecule has 1 aromatic carbocycles. The average Bonchev–Trinajstić information content (AvgIpc) is 2.56. The Morgan fingerprint density at radius 3 is 2.60 bits per heavy atom. The minimum Gasteiger partial charge on any atom is -0.505 e. The van der Waals surface area contributed by atoms with Crippen LogP contribution in [0.4, 0.5) is 5.82 Å². The second-order valence-corrected chi connectivity index (χ2v) is 6.27. The van der Waals surface area contributed by atoms with Crippen molar-refractivity contribution in [3.8, 4) is 11.4 Å². The van der Waals surface area contributed by atoms with Crippen LogP contribution in [0.15, 0.2) is 57.9 Å². The molecule has 1 amide bonds. The fourth-order valence-electron chi connectivity index (χ4n) is 2.02. The van der Waals surface area contributed by atoms with Crippen LogP contribution < -0.4 is 10.9 Å². The van der Waals surface area contributed by atoms with E-state index in [0.717, 1.165) is 15.2 Å². The number of anilines is 1. The van der Waals surface area contributed by atoms with Crippen LogP contribution >= 0.6 is 27.5 Å². The van der Waals surface area contributed by atoms with E-state index in [1.807, 2.05) is 0 Å². The highest BCUT2D eigenvalue weighted by atomic mass is 79.9. The van der Waals surface area contributed by atoms with Gasteiger partial charge in [-0.1, -0.05) is 27.5 Å². The van der Waals surface area contributed by atoms with Gasteiger partial charge in [0.05, 0.1) is 5.69 Å². The molecule has 0 unspecified atom stereocenters. The molecule has 0 aliphatic carbocycles. The molecule has 2 heterocycles. The first-order valence-corrected chi connectivity index (χ1v) is 8.13. The molecule has 0 bridgehead atoms. The Hall–Kier alpha value is -2.71. The number of carbonyl (C=O) groups is 1. The van der Waals surface area contributed by atoms with E-state index >= 15 is 0 Å². The van der Waals surface area contributed by atoms with Crippen LogP contribution in [0, 0.1) is 0 Å². The smallest absolute Gasteiger partial charge is 0.281 e. The number of nitrogens with zero attached hydrogens (tertiary/aromatic N) is 3. The highest BCUT2D eigenvalue weighted by molar-refractivity contribution is 9.10. The summed E-state index contributed by atoms with van der Waals surface area (Å²) >= 11 is 9.14. The molecule has 0 atom stereocenters. The second-order valence-electron chi connectivity index (χ2n) is 4.92. The number of benzene rings is 1. The normalized spacial score (nSPS) is 10.5. The topological polar surface area (TPSA) is 97.1 Å². The Balaban J connectivity index is 1.98. The minimum absolute atomic E-state index is 0.195. The number of rotatable bonds is 3. The number of carbonyl (C=O) groups excluding carboxylic acids is 1. The molecule has 25 heavy (non-hydrogen) atoms. The zero-order valence-electron chi connectivity index (χ0n) is 12.5. The summed E-state index contributed by atoms with van der Waals surface area (Å²) in [6.07, 6.45) is 1.42. The highest BCUT2D eigenvalue weighted by Gasteiger charge is 2.17. The van der Waals surface area contributed by atoms with Crippen LogP contribution in [0.2, 0.25) is 5.02 Å². The van der Waals surface area contributed by atoms with E-state index in [1.165, 1.54) is 12.3 Å². The fourth-order valence-corrected chi connectivity index (χ4v) is 2.45. The maximum absolute atomic E-state index is 12.4. The lowest BCUT2D eigenvalue weighted by Gasteiger charge is -2.09. The second kappa shape index (κ2) is 7.04. The van der Waals surface area contributed by atoms with Crippen molar-refractivity contribution in [1.82, 2.24) is 14.8 Å². The summed E-state index contributed by atoms with van der Waals surface area (Å²) in [6, 6.07) is 10.7. The largest absolute Gasteiger partial charge is 0.505 e. The van der Waals surface area contributed by atoms with Crippen molar-refractivity contribution in [2.45, 2.75) is 0 Å². The number of hydrogen-bond donors (Lipinski definition) is 2. The number of nitrogens with one attached hydrogen (secondary N) is 1. The van der Waals surface area contributed by atoms with E-state index < -0.39 is 17.2 Å². The van der Waals surface area contributed by atoms with Gasteiger partial charge in [0.15, 0.2) is 11.4 Å². The van der Waals surface area contributed by atoms with E-state index in [-0.39, 0.29) is 11.5 Å². The Labute approximate surface area is 155 Å². The van der Waals surface area contributed by atoms with Gasteiger partial charge >= 0.3 is 0 Å². The van der Waals surface area contributed by atoms with Gasteiger partial charge in [-0.2, -0.15) is 9.78 Å². The van der Waals surface area contributed by atoms with Gasteiger partial charge in [-0.15, -0.1) is 0 Å². The summed E-state index contributed by atoms with van der Waals surface area (Å²) in [5.41, 5.74) is -0.440. The maximum atomic E-state index is 12.4. The molecule has 2 N–H and O–H groups in total. The first-order valence-electron chi connectivity index (χ1n) is 6.96. The Morgan fingerprint density at radius 2 is 1.92 bits per heavy atom. The van der Waals surface area contributed by atoms with E-state index in [2.05, 4.69) is 31.3 Å². The van der Waals surface area contributed by atoms with Crippen molar-refractivity contribution in [3.63, 3.8) is 0 Å². The fraction of sp³-hybridized carbons (Fsp3) is 0. The number of hydrogen-bond acceptors (Lipinski definition) is 5. The van der Waals surface area contributed by atoms with E-state index in [9.17, 15) is 14.7 Å². The molecule has 126 valence electrons. The van der Waals surface area contributed by atoms with Gasteiger partial charge in [-0.25, -0.2) is 4.98 Å². The van der Waals surface area contributed by atoms with Crippen molar-refractivity contribution in [2.24, 2.45) is 0 Å². The number of halogens is 2. The van der Waals surface area contributed by atoms with Gasteiger partial charge in [-0.3, -0.25) is 9.59 Å². The summed E-state index contributed by atoms with van der Waals surface area (Å²) in [4.78, 5) is 28.4. The Kier molecular flexibility index (Phi) is 4.82. The summed E-state index contributed by atoms with van der Waals surface area (Å²) < 4.78 is 1.85. The van der Waals surface area contributed by atoms with Crippen molar-refractivity contribution >= 4 is 39.3 Å². The van der Waals surface area contributed by atoms with Crippen LogP contribution in [0.5, 0.6) is 5.75 Å². The summed E-state index contributed by atoms with van der Waals surface area (Å²) in [5, 5.41) is 16.7. The molecule has 0 radical (unpaired) electrons. The van der Waals surface area contributed by atoms with Crippen LogP contribution in [0.3, 0.4) is 0 Å². The molecule has 0 aliphatic heterocycles. The predicted molar refractivity (Wildman–Crippen MR) is 96.4 cm³/mol. The van der Waals surface area contributed by atoms with Crippen LogP contribution in [-0.4, -0.2) is 25.8 Å². The summed E-state index contributed by atoms with van der Waals surface area (Å²) in [5.74, 6) is -1.06. The van der Waals surface area contributed by atoms with Crippen LogP contribution in [-0.2, 0) is 0 Å². The van der Waals surface area contributed by atoms with Crippen molar-refractivity contribution in [3.05, 3.63) is 74.2 Å². The quantitative estimate of drug-likeness (QED) is 0.677. The molecule has 0 fully saturated rings. The molecule has 3 rings (SSSR count). The first kappa shape index (κ1) is 17.1. The molecular formula is C16H10BrClN4O3. The summed E-state index contributed by atoms with van der Waals surface area (Å²) in [6.45, 7) is 0. The number of aromatic hydroxyl groups is 1. The van der Waals surface area contributed by atoms with Gasteiger partial charge in [0.2, 0.25) is 0 Å². The van der Waals surface area contributed by atoms with E-state index in [1.54, 1.807) is 30.3 Å². The van der Waals surface area contributed by atoms with E-state index in [4.69, 9.17) is 11.6 Å². The predicted octanol–water partition coefficient (Wildman–Crippen LogP) is 3.00. The highest BCUT2D eigenvalue weighted by Crippen LogP contribution is 2.17. The van der Waals surface area contributed by atoms with Crippen molar-refractivity contribution in [2.75, 3.05) is 5.32 Å². The molecule has 2 aromatic heterocycles. The molecule has 7 nitrogen and oxygen atoms in total. The molecule has 0 aliphatic rings. The Bertz CT molecular complexity index is 1010. The molecule has 3 aromatic rings.